The van der Waals surface area contributed by atoms with E-state index in [1.165, 1.54) is 37.3 Å². The fourth-order valence-electron chi connectivity index (χ4n) is 2.58. The summed E-state index contributed by atoms with van der Waals surface area (Å²) in [5, 5.41) is 1.91. The number of nitrogens with one attached hydrogen (secondary N) is 1. The zero-order valence-corrected chi connectivity index (χ0v) is 11.4. The molecule has 0 spiro atoms. The lowest BCUT2D eigenvalue weighted by atomic mass is 9.99. The van der Waals surface area contributed by atoms with Gasteiger partial charge < -0.3 is 4.90 Å². The van der Waals surface area contributed by atoms with Gasteiger partial charge in [0.25, 0.3) is 5.56 Å². The van der Waals surface area contributed by atoms with E-state index in [-0.39, 0.29) is 5.56 Å². The molecule has 96 valence electrons. The molecule has 2 aromatic heterocycles. The molecule has 3 rings (SSSR count). The summed E-state index contributed by atoms with van der Waals surface area (Å²) in [5.74, 6) is 0.854. The lowest BCUT2D eigenvalue weighted by molar-refractivity contribution is -0.920. The maximum Gasteiger partial charge on any atom is 0.258 e. The number of likely N-dealkylation sites (tertiary alicyclic amines) is 1. The third-order valence-electron chi connectivity index (χ3n) is 3.77. The number of hydrogen-bond donors (Lipinski definition) is 1. The number of aromatic nitrogens is 2. The van der Waals surface area contributed by atoms with Crippen LogP contribution in [0, 0.1) is 5.92 Å². The van der Waals surface area contributed by atoms with E-state index in [9.17, 15) is 4.79 Å². The molecule has 5 heteroatoms. The molecule has 1 aliphatic heterocycles. The maximum absolute atomic E-state index is 11.9. The lowest BCUT2D eigenvalue weighted by Crippen LogP contribution is -3.11. The zero-order chi connectivity index (χ0) is 12.5. The van der Waals surface area contributed by atoms with E-state index < -0.39 is 0 Å². The quantitative estimate of drug-likeness (QED) is 0.861. The van der Waals surface area contributed by atoms with Crippen LogP contribution in [0.1, 0.15) is 25.5 Å². The number of thiazole rings is 1. The summed E-state index contributed by atoms with van der Waals surface area (Å²) in [6.45, 7) is 5.61. The SMILES string of the molecule is CC1CC[NH+](Cc2cc(=O)n3ccsc3n2)CC1. The number of nitrogens with zero attached hydrogens (tertiary/aromatic N) is 2. The lowest BCUT2D eigenvalue weighted by Gasteiger charge is -2.26. The van der Waals surface area contributed by atoms with Crippen molar-refractivity contribution in [2.24, 2.45) is 5.92 Å². The summed E-state index contributed by atoms with van der Waals surface area (Å²) in [7, 11) is 0. The molecule has 0 amide bonds. The van der Waals surface area contributed by atoms with Crippen molar-refractivity contribution in [2.45, 2.75) is 26.3 Å². The van der Waals surface area contributed by atoms with Gasteiger partial charge >= 0.3 is 0 Å². The third kappa shape index (κ3) is 2.33. The molecular formula is C13H18N3OS+. The van der Waals surface area contributed by atoms with Gasteiger partial charge in [-0.1, -0.05) is 6.92 Å². The van der Waals surface area contributed by atoms with Crippen LogP contribution < -0.4 is 10.5 Å². The highest BCUT2D eigenvalue weighted by atomic mass is 32.1. The molecule has 0 atom stereocenters. The molecule has 1 fully saturated rings. The number of quaternary nitrogens is 1. The van der Waals surface area contributed by atoms with E-state index >= 15 is 0 Å². The molecule has 3 heterocycles. The number of piperidine rings is 1. The summed E-state index contributed by atoms with van der Waals surface area (Å²) in [5.41, 5.74) is 0.980. The Balaban J connectivity index is 1.80. The monoisotopic (exact) mass is 264 g/mol. The van der Waals surface area contributed by atoms with Crippen LogP contribution in [0.15, 0.2) is 22.4 Å². The van der Waals surface area contributed by atoms with Crippen LogP contribution in [0.3, 0.4) is 0 Å². The van der Waals surface area contributed by atoms with Crippen LogP contribution in [0.2, 0.25) is 0 Å². The molecule has 0 aliphatic carbocycles. The third-order valence-corrected chi connectivity index (χ3v) is 4.53. The van der Waals surface area contributed by atoms with E-state index in [0.29, 0.717) is 0 Å². The Morgan fingerprint density at radius 2 is 2.28 bits per heavy atom. The van der Waals surface area contributed by atoms with Gasteiger partial charge in [-0.15, -0.1) is 11.3 Å². The van der Waals surface area contributed by atoms with E-state index in [1.807, 2.05) is 5.38 Å². The van der Waals surface area contributed by atoms with Crippen LogP contribution >= 0.6 is 11.3 Å². The Bertz CT molecular complexity index is 596. The predicted octanol–water partition coefficient (Wildman–Crippen LogP) is 0.571. The van der Waals surface area contributed by atoms with Crippen LogP contribution in [-0.4, -0.2) is 22.5 Å². The molecule has 1 N–H and O–H groups in total. The van der Waals surface area contributed by atoms with Gasteiger partial charge in [0.2, 0.25) is 0 Å². The Hall–Kier alpha value is -1.20. The van der Waals surface area contributed by atoms with Crippen molar-refractivity contribution in [3.05, 3.63) is 33.7 Å². The number of fused-ring (bicyclic) bond motifs is 1. The van der Waals surface area contributed by atoms with Crippen molar-refractivity contribution in [1.82, 2.24) is 9.38 Å². The van der Waals surface area contributed by atoms with Gasteiger partial charge in [-0.3, -0.25) is 9.20 Å². The minimum Gasteiger partial charge on any atom is -0.330 e. The molecule has 0 saturated carbocycles. The van der Waals surface area contributed by atoms with Gasteiger partial charge in [0.1, 0.15) is 12.2 Å². The summed E-state index contributed by atoms with van der Waals surface area (Å²) in [6, 6.07) is 1.69. The molecule has 0 aromatic carbocycles. The molecule has 0 bridgehead atoms. The molecule has 2 aromatic rings. The molecule has 0 unspecified atom stereocenters. The van der Waals surface area contributed by atoms with Gasteiger partial charge in [-0.2, -0.15) is 0 Å². The van der Waals surface area contributed by atoms with Gasteiger partial charge in [-0.05, 0) is 18.8 Å². The van der Waals surface area contributed by atoms with Gasteiger partial charge in [0, 0.05) is 17.6 Å². The minimum absolute atomic E-state index is 0.0426. The summed E-state index contributed by atoms with van der Waals surface area (Å²) >= 11 is 1.52. The van der Waals surface area contributed by atoms with E-state index in [0.717, 1.165) is 23.1 Å². The van der Waals surface area contributed by atoms with Crippen molar-refractivity contribution in [3.63, 3.8) is 0 Å². The summed E-state index contributed by atoms with van der Waals surface area (Å²) in [4.78, 5) is 18.8. The van der Waals surface area contributed by atoms with E-state index in [2.05, 4.69) is 11.9 Å². The van der Waals surface area contributed by atoms with Crippen LogP contribution in [0.5, 0.6) is 0 Å². The van der Waals surface area contributed by atoms with Crippen LogP contribution in [0.25, 0.3) is 4.96 Å². The fraction of sp³-hybridized carbons (Fsp3) is 0.538. The Morgan fingerprint density at radius 3 is 3.06 bits per heavy atom. The smallest absolute Gasteiger partial charge is 0.258 e. The fourth-order valence-corrected chi connectivity index (χ4v) is 3.32. The average Bonchev–Trinajstić information content (AvgIpc) is 2.81. The van der Waals surface area contributed by atoms with Crippen molar-refractivity contribution < 1.29 is 4.90 Å². The van der Waals surface area contributed by atoms with Gasteiger partial charge in [0.15, 0.2) is 4.96 Å². The van der Waals surface area contributed by atoms with Crippen molar-refractivity contribution >= 4 is 16.3 Å². The summed E-state index contributed by atoms with van der Waals surface area (Å²) < 4.78 is 1.61. The van der Waals surface area contributed by atoms with E-state index in [4.69, 9.17) is 0 Å². The Labute approximate surface area is 110 Å². The number of rotatable bonds is 2. The van der Waals surface area contributed by atoms with Crippen LogP contribution in [0.4, 0.5) is 0 Å². The first-order valence-electron chi connectivity index (χ1n) is 6.52. The standard InChI is InChI=1S/C13H17N3OS/c1-10-2-4-15(5-3-10)9-11-8-12(17)16-6-7-18-13(16)14-11/h6-8,10H,2-5,9H2,1H3/p+1. The summed E-state index contributed by atoms with van der Waals surface area (Å²) in [6.07, 6.45) is 4.36. The molecule has 4 nitrogen and oxygen atoms in total. The van der Waals surface area contributed by atoms with Gasteiger partial charge in [-0.25, -0.2) is 4.98 Å². The molecule has 18 heavy (non-hydrogen) atoms. The first-order valence-corrected chi connectivity index (χ1v) is 7.39. The molecule has 1 aliphatic rings. The maximum atomic E-state index is 11.9. The second-order valence-corrected chi connectivity index (χ2v) is 6.12. The van der Waals surface area contributed by atoms with Crippen molar-refractivity contribution in [2.75, 3.05) is 13.1 Å². The molecule has 0 radical (unpaired) electrons. The normalized spacial score (nSPS) is 24.5. The minimum atomic E-state index is 0.0426. The first kappa shape index (κ1) is 11.9. The van der Waals surface area contributed by atoms with E-state index in [1.54, 1.807) is 21.6 Å². The molecule has 1 saturated heterocycles. The topological polar surface area (TPSA) is 38.8 Å². The zero-order valence-electron chi connectivity index (χ0n) is 10.6. The second kappa shape index (κ2) is 4.82. The first-order chi connectivity index (χ1) is 8.72. The predicted molar refractivity (Wildman–Crippen MR) is 72.1 cm³/mol. The van der Waals surface area contributed by atoms with Crippen LogP contribution in [-0.2, 0) is 6.54 Å². The van der Waals surface area contributed by atoms with Gasteiger partial charge in [0.05, 0.1) is 13.1 Å². The van der Waals surface area contributed by atoms with Crippen molar-refractivity contribution in [3.8, 4) is 0 Å². The Kier molecular flexibility index (Phi) is 3.18. The molecular weight excluding hydrogens is 246 g/mol. The highest BCUT2D eigenvalue weighted by Crippen LogP contribution is 2.08. The average molecular weight is 264 g/mol. The van der Waals surface area contributed by atoms with Crippen molar-refractivity contribution in [1.29, 1.82) is 0 Å². The highest BCUT2D eigenvalue weighted by molar-refractivity contribution is 7.15. The Morgan fingerprint density at radius 1 is 1.50 bits per heavy atom. The largest absolute Gasteiger partial charge is 0.330 e. The second-order valence-electron chi connectivity index (χ2n) is 5.25. The highest BCUT2D eigenvalue weighted by Gasteiger charge is 2.19. The number of hydrogen-bond acceptors (Lipinski definition) is 3.